The third kappa shape index (κ3) is 2.68. The van der Waals surface area contributed by atoms with Crippen LogP contribution in [0.25, 0.3) is 0 Å². The number of halogens is 1. The van der Waals surface area contributed by atoms with Gasteiger partial charge in [-0.2, -0.15) is 0 Å². The van der Waals surface area contributed by atoms with E-state index in [1.807, 2.05) is 18.2 Å². The van der Waals surface area contributed by atoms with Crippen LogP contribution < -0.4 is 15.2 Å². The second kappa shape index (κ2) is 5.05. The molecule has 2 aromatic rings. The molecule has 4 nitrogen and oxygen atoms in total. The fraction of sp³-hybridized carbons (Fsp3) is 0.0833. The quantitative estimate of drug-likeness (QED) is 0.944. The van der Waals surface area contributed by atoms with Gasteiger partial charge in [-0.25, -0.2) is 4.98 Å². The van der Waals surface area contributed by atoms with E-state index in [1.165, 1.54) is 0 Å². The molecule has 0 saturated carbocycles. The molecule has 0 atom stereocenters. The van der Waals surface area contributed by atoms with Crippen LogP contribution in [-0.4, -0.2) is 12.1 Å². The zero-order valence-corrected chi connectivity index (χ0v) is 10.8. The summed E-state index contributed by atoms with van der Waals surface area (Å²) in [7, 11) is 1.58. The molecule has 5 heteroatoms. The molecule has 1 aromatic carbocycles. The lowest BCUT2D eigenvalue weighted by Crippen LogP contribution is -1.96. The molecule has 88 valence electrons. The number of nitrogens with two attached hydrogens (primary N) is 1. The van der Waals surface area contributed by atoms with Crippen molar-refractivity contribution in [2.75, 3.05) is 12.8 Å². The Kier molecular flexibility index (Phi) is 3.49. The summed E-state index contributed by atoms with van der Waals surface area (Å²) in [5.41, 5.74) is 6.27. The van der Waals surface area contributed by atoms with E-state index in [4.69, 9.17) is 15.2 Å². The summed E-state index contributed by atoms with van der Waals surface area (Å²) in [6.07, 6.45) is 1.63. The third-order valence-electron chi connectivity index (χ3n) is 2.12. The Bertz CT molecular complexity index is 532. The minimum Gasteiger partial charge on any atom is -0.493 e. The molecule has 2 N–H and O–H groups in total. The lowest BCUT2D eigenvalue weighted by Gasteiger charge is -2.10. The largest absolute Gasteiger partial charge is 0.493 e. The number of pyridine rings is 1. The summed E-state index contributed by atoms with van der Waals surface area (Å²) in [6, 6.07) is 9.06. The van der Waals surface area contributed by atoms with Crippen molar-refractivity contribution in [3.8, 4) is 17.4 Å². The summed E-state index contributed by atoms with van der Waals surface area (Å²) >= 11 is 3.29. The van der Waals surface area contributed by atoms with Crippen LogP contribution >= 0.6 is 15.9 Å². The van der Waals surface area contributed by atoms with E-state index in [-0.39, 0.29) is 0 Å². The molecule has 0 amide bonds. The standard InChI is InChI=1S/C12H11BrN2O2/c1-16-10-4-2-3-5-11(10)17-12-9(14)6-8(13)7-15-12/h2-7H,14H2,1H3. The van der Waals surface area contributed by atoms with Crippen molar-refractivity contribution in [2.24, 2.45) is 0 Å². The Morgan fingerprint density at radius 2 is 1.94 bits per heavy atom. The third-order valence-corrected chi connectivity index (χ3v) is 2.55. The fourth-order valence-corrected chi connectivity index (χ4v) is 1.68. The number of ether oxygens (including phenoxy) is 2. The van der Waals surface area contributed by atoms with Gasteiger partial charge in [0.1, 0.15) is 0 Å². The molecule has 0 aliphatic rings. The van der Waals surface area contributed by atoms with Crippen molar-refractivity contribution in [1.29, 1.82) is 0 Å². The van der Waals surface area contributed by atoms with Crippen LogP contribution in [0.1, 0.15) is 0 Å². The first-order valence-corrected chi connectivity index (χ1v) is 5.72. The Morgan fingerprint density at radius 1 is 1.24 bits per heavy atom. The van der Waals surface area contributed by atoms with Gasteiger partial charge in [0.2, 0.25) is 5.88 Å². The van der Waals surface area contributed by atoms with E-state index >= 15 is 0 Å². The molecule has 2 rings (SSSR count). The smallest absolute Gasteiger partial charge is 0.242 e. The monoisotopic (exact) mass is 294 g/mol. The number of hydrogen-bond acceptors (Lipinski definition) is 4. The number of hydrogen-bond donors (Lipinski definition) is 1. The topological polar surface area (TPSA) is 57.4 Å². The number of benzene rings is 1. The highest BCUT2D eigenvalue weighted by molar-refractivity contribution is 9.10. The van der Waals surface area contributed by atoms with Crippen LogP contribution in [0.15, 0.2) is 41.0 Å². The predicted molar refractivity (Wildman–Crippen MR) is 69.4 cm³/mol. The number of para-hydroxylation sites is 2. The Morgan fingerprint density at radius 3 is 2.59 bits per heavy atom. The number of nitrogen functional groups attached to an aromatic ring is 1. The first-order valence-electron chi connectivity index (χ1n) is 4.92. The summed E-state index contributed by atoms with van der Waals surface area (Å²) in [4.78, 5) is 4.10. The normalized spacial score (nSPS) is 10.0. The van der Waals surface area contributed by atoms with Gasteiger partial charge in [0.05, 0.1) is 12.8 Å². The van der Waals surface area contributed by atoms with Gasteiger partial charge in [-0.1, -0.05) is 12.1 Å². The lowest BCUT2D eigenvalue weighted by molar-refractivity contribution is 0.375. The number of nitrogens with zero attached hydrogens (tertiary/aromatic N) is 1. The maximum atomic E-state index is 5.80. The van der Waals surface area contributed by atoms with Crippen molar-refractivity contribution in [3.05, 3.63) is 41.0 Å². The number of methoxy groups -OCH3 is 1. The summed E-state index contributed by atoms with van der Waals surface area (Å²) in [6.45, 7) is 0. The molecule has 0 aliphatic heterocycles. The summed E-state index contributed by atoms with van der Waals surface area (Å²) in [5, 5.41) is 0. The van der Waals surface area contributed by atoms with Gasteiger partial charge >= 0.3 is 0 Å². The van der Waals surface area contributed by atoms with E-state index in [9.17, 15) is 0 Å². The van der Waals surface area contributed by atoms with E-state index < -0.39 is 0 Å². The minimum absolute atomic E-state index is 0.359. The van der Waals surface area contributed by atoms with Crippen molar-refractivity contribution in [1.82, 2.24) is 4.98 Å². The van der Waals surface area contributed by atoms with Crippen molar-refractivity contribution < 1.29 is 9.47 Å². The van der Waals surface area contributed by atoms with Crippen molar-refractivity contribution in [3.63, 3.8) is 0 Å². The molecule has 0 radical (unpaired) electrons. The molecular formula is C12H11BrN2O2. The summed E-state index contributed by atoms with van der Waals surface area (Å²) < 4.78 is 11.6. The predicted octanol–water partition coefficient (Wildman–Crippen LogP) is 3.23. The second-order valence-corrected chi connectivity index (χ2v) is 4.22. The van der Waals surface area contributed by atoms with Gasteiger partial charge in [0.25, 0.3) is 0 Å². The maximum absolute atomic E-state index is 5.80. The van der Waals surface area contributed by atoms with Gasteiger partial charge in [0, 0.05) is 10.7 Å². The Balaban J connectivity index is 2.31. The van der Waals surface area contributed by atoms with Gasteiger partial charge in [-0.05, 0) is 34.1 Å². The first-order chi connectivity index (χ1) is 8.20. The molecule has 0 unspecified atom stereocenters. The Hall–Kier alpha value is -1.75. The highest BCUT2D eigenvalue weighted by atomic mass is 79.9. The van der Waals surface area contributed by atoms with E-state index in [0.29, 0.717) is 23.1 Å². The molecular weight excluding hydrogens is 284 g/mol. The van der Waals surface area contributed by atoms with E-state index in [0.717, 1.165) is 4.47 Å². The van der Waals surface area contributed by atoms with Gasteiger partial charge in [-0.15, -0.1) is 0 Å². The van der Waals surface area contributed by atoms with Crippen LogP contribution in [0.5, 0.6) is 17.4 Å². The molecule has 1 heterocycles. The first kappa shape index (κ1) is 11.7. The lowest BCUT2D eigenvalue weighted by atomic mass is 10.3. The SMILES string of the molecule is COc1ccccc1Oc1ncc(Br)cc1N. The highest BCUT2D eigenvalue weighted by Crippen LogP contribution is 2.33. The number of rotatable bonds is 3. The average molecular weight is 295 g/mol. The highest BCUT2D eigenvalue weighted by Gasteiger charge is 2.08. The van der Waals surface area contributed by atoms with Crippen molar-refractivity contribution in [2.45, 2.75) is 0 Å². The zero-order valence-electron chi connectivity index (χ0n) is 9.18. The zero-order chi connectivity index (χ0) is 12.3. The van der Waals surface area contributed by atoms with Gasteiger partial charge in [-0.3, -0.25) is 0 Å². The minimum atomic E-state index is 0.359. The van der Waals surface area contributed by atoms with Crippen LogP contribution in [0.4, 0.5) is 5.69 Å². The molecule has 17 heavy (non-hydrogen) atoms. The molecule has 0 spiro atoms. The second-order valence-electron chi connectivity index (χ2n) is 3.30. The van der Waals surface area contributed by atoms with Gasteiger partial charge in [0.15, 0.2) is 11.5 Å². The van der Waals surface area contributed by atoms with Crippen LogP contribution in [-0.2, 0) is 0 Å². The van der Waals surface area contributed by atoms with Crippen LogP contribution in [0, 0.1) is 0 Å². The molecule has 0 aliphatic carbocycles. The number of anilines is 1. The summed E-state index contributed by atoms with van der Waals surface area (Å²) in [5.74, 6) is 1.57. The maximum Gasteiger partial charge on any atom is 0.242 e. The van der Waals surface area contributed by atoms with Gasteiger partial charge < -0.3 is 15.2 Å². The van der Waals surface area contributed by atoms with Crippen LogP contribution in [0.3, 0.4) is 0 Å². The average Bonchev–Trinajstić information content (AvgIpc) is 2.33. The van der Waals surface area contributed by atoms with E-state index in [1.54, 1.807) is 25.4 Å². The molecule has 0 fully saturated rings. The van der Waals surface area contributed by atoms with Crippen molar-refractivity contribution >= 4 is 21.6 Å². The number of aromatic nitrogens is 1. The van der Waals surface area contributed by atoms with Crippen LogP contribution in [0.2, 0.25) is 0 Å². The van der Waals surface area contributed by atoms with E-state index in [2.05, 4.69) is 20.9 Å². The molecule has 0 bridgehead atoms. The fourth-order valence-electron chi connectivity index (χ4n) is 1.33. The molecule has 1 aromatic heterocycles. The Labute approximate surface area is 108 Å². The molecule has 0 saturated heterocycles.